The number of carbonyl (C=O) groups excluding carboxylic acids is 2. The van der Waals surface area contributed by atoms with Crippen molar-refractivity contribution in [2.24, 2.45) is 5.73 Å². The number of imidazole rings is 1. The van der Waals surface area contributed by atoms with E-state index in [1.54, 1.807) is 36.7 Å². The first-order chi connectivity index (χ1) is 14.0. The molecule has 3 heterocycles. The van der Waals surface area contributed by atoms with E-state index in [2.05, 4.69) is 20.4 Å². The van der Waals surface area contributed by atoms with Crippen molar-refractivity contribution < 1.29 is 14.3 Å². The number of pyridine rings is 1. The van der Waals surface area contributed by atoms with Gasteiger partial charge in [-0.2, -0.15) is 5.10 Å². The number of nitrogens with two attached hydrogens (primary N) is 1. The zero-order chi connectivity index (χ0) is 20.4. The summed E-state index contributed by atoms with van der Waals surface area (Å²) in [6.07, 6.45) is 5.96. The molecule has 1 aliphatic rings. The van der Waals surface area contributed by atoms with Gasteiger partial charge in [0.15, 0.2) is 5.65 Å². The van der Waals surface area contributed by atoms with Crippen LogP contribution >= 0.6 is 11.6 Å². The highest BCUT2D eigenvalue weighted by Crippen LogP contribution is 2.25. The van der Waals surface area contributed by atoms with Gasteiger partial charge in [-0.25, -0.2) is 14.5 Å². The van der Waals surface area contributed by atoms with Gasteiger partial charge in [-0.3, -0.25) is 9.59 Å². The van der Waals surface area contributed by atoms with Crippen molar-refractivity contribution >= 4 is 29.1 Å². The van der Waals surface area contributed by atoms with E-state index >= 15 is 0 Å². The third-order valence-corrected chi connectivity index (χ3v) is 5.05. The van der Waals surface area contributed by atoms with E-state index in [1.807, 2.05) is 0 Å². The molecule has 0 radical (unpaired) electrons. The number of hydrogen-bond donors (Lipinski definition) is 2. The van der Waals surface area contributed by atoms with E-state index in [-0.39, 0.29) is 35.2 Å². The lowest BCUT2D eigenvalue weighted by atomic mass is 9.93. The molecule has 1 fully saturated rings. The van der Waals surface area contributed by atoms with Crippen molar-refractivity contribution in [1.29, 1.82) is 0 Å². The average Bonchev–Trinajstić information content (AvgIpc) is 3.13. The monoisotopic (exact) mass is 414 g/mol. The molecule has 1 saturated carbocycles. The van der Waals surface area contributed by atoms with Crippen molar-refractivity contribution in [3.8, 4) is 5.88 Å². The molecule has 10 heteroatoms. The molecule has 4 rings (SSSR count). The second-order valence-electron chi connectivity index (χ2n) is 6.87. The van der Waals surface area contributed by atoms with Crippen LogP contribution < -0.4 is 15.8 Å². The quantitative estimate of drug-likeness (QED) is 0.657. The highest BCUT2D eigenvalue weighted by Gasteiger charge is 2.26. The minimum atomic E-state index is -0.572. The fourth-order valence-corrected chi connectivity index (χ4v) is 3.53. The molecular formula is C19H19ClN6O3. The Morgan fingerprint density at radius 1 is 1.21 bits per heavy atom. The van der Waals surface area contributed by atoms with Crippen LogP contribution in [0.2, 0.25) is 5.15 Å². The lowest BCUT2D eigenvalue weighted by Crippen LogP contribution is -2.40. The molecule has 2 amide bonds. The van der Waals surface area contributed by atoms with Gasteiger partial charge in [-0.05, 0) is 49.9 Å². The molecule has 29 heavy (non-hydrogen) atoms. The van der Waals surface area contributed by atoms with Crippen LogP contribution in [0.4, 0.5) is 0 Å². The summed E-state index contributed by atoms with van der Waals surface area (Å²) >= 11 is 5.86. The van der Waals surface area contributed by atoms with Crippen LogP contribution in [0.25, 0.3) is 5.65 Å². The van der Waals surface area contributed by atoms with Crippen molar-refractivity contribution in [3.63, 3.8) is 0 Å². The van der Waals surface area contributed by atoms with Gasteiger partial charge in [-0.1, -0.05) is 11.6 Å². The van der Waals surface area contributed by atoms with Crippen LogP contribution in [0, 0.1) is 0 Å². The SMILES string of the molecule is NC(=O)c1cccnc1OC1CCC(NC(=O)c2cn3nc(Cl)ccc3n2)CC1. The summed E-state index contributed by atoms with van der Waals surface area (Å²) in [4.78, 5) is 32.4. The van der Waals surface area contributed by atoms with Crippen molar-refractivity contribution in [2.45, 2.75) is 37.8 Å². The molecule has 3 aromatic heterocycles. The Morgan fingerprint density at radius 2 is 2.00 bits per heavy atom. The average molecular weight is 415 g/mol. The van der Waals surface area contributed by atoms with Crippen LogP contribution in [0.3, 0.4) is 0 Å². The fourth-order valence-electron chi connectivity index (χ4n) is 3.38. The summed E-state index contributed by atoms with van der Waals surface area (Å²) < 4.78 is 7.35. The third-order valence-electron chi connectivity index (χ3n) is 4.84. The largest absolute Gasteiger partial charge is 0.474 e. The Morgan fingerprint density at radius 3 is 2.76 bits per heavy atom. The second kappa shape index (κ2) is 8.04. The first-order valence-electron chi connectivity index (χ1n) is 9.24. The molecule has 150 valence electrons. The zero-order valence-electron chi connectivity index (χ0n) is 15.4. The Kier molecular flexibility index (Phi) is 5.30. The second-order valence-corrected chi connectivity index (χ2v) is 7.26. The molecule has 0 bridgehead atoms. The van der Waals surface area contributed by atoms with Gasteiger partial charge in [0.25, 0.3) is 11.8 Å². The summed E-state index contributed by atoms with van der Waals surface area (Å²) in [6.45, 7) is 0. The molecule has 0 unspecified atom stereocenters. The Hall–Kier alpha value is -3.20. The molecular weight excluding hydrogens is 396 g/mol. The van der Waals surface area contributed by atoms with E-state index in [0.29, 0.717) is 10.8 Å². The topological polar surface area (TPSA) is 124 Å². The van der Waals surface area contributed by atoms with Crippen molar-refractivity contribution in [2.75, 3.05) is 0 Å². The van der Waals surface area contributed by atoms with Gasteiger partial charge in [0.05, 0.1) is 6.20 Å². The van der Waals surface area contributed by atoms with Gasteiger partial charge >= 0.3 is 0 Å². The lowest BCUT2D eigenvalue weighted by molar-refractivity contribution is 0.0877. The van der Waals surface area contributed by atoms with E-state index in [9.17, 15) is 9.59 Å². The molecule has 1 aliphatic carbocycles. The molecule has 0 aromatic carbocycles. The van der Waals surface area contributed by atoms with Gasteiger partial charge in [0.1, 0.15) is 22.5 Å². The minimum absolute atomic E-state index is 0.0167. The summed E-state index contributed by atoms with van der Waals surface area (Å²) in [5, 5.41) is 7.41. The van der Waals surface area contributed by atoms with E-state index in [1.165, 1.54) is 4.52 Å². The van der Waals surface area contributed by atoms with Gasteiger partial charge < -0.3 is 15.8 Å². The number of amides is 2. The van der Waals surface area contributed by atoms with Crippen LogP contribution in [0.5, 0.6) is 5.88 Å². The van der Waals surface area contributed by atoms with Gasteiger partial charge in [-0.15, -0.1) is 0 Å². The van der Waals surface area contributed by atoms with Crippen molar-refractivity contribution in [3.05, 3.63) is 53.1 Å². The van der Waals surface area contributed by atoms with Crippen molar-refractivity contribution in [1.82, 2.24) is 24.9 Å². The number of halogens is 1. The molecule has 0 atom stereocenters. The Labute approximate surface area is 171 Å². The molecule has 0 aliphatic heterocycles. The summed E-state index contributed by atoms with van der Waals surface area (Å²) in [5.74, 6) is -0.572. The number of carbonyl (C=O) groups is 2. The first-order valence-corrected chi connectivity index (χ1v) is 9.61. The Balaban J connectivity index is 1.34. The lowest BCUT2D eigenvalue weighted by Gasteiger charge is -2.29. The van der Waals surface area contributed by atoms with Gasteiger partial charge in [0, 0.05) is 12.2 Å². The summed E-state index contributed by atoms with van der Waals surface area (Å²) in [6, 6.07) is 6.57. The van der Waals surface area contributed by atoms with Crippen LogP contribution in [0.1, 0.15) is 46.5 Å². The number of rotatable bonds is 5. The third kappa shape index (κ3) is 4.29. The highest BCUT2D eigenvalue weighted by atomic mass is 35.5. The number of hydrogen-bond acceptors (Lipinski definition) is 6. The summed E-state index contributed by atoms with van der Waals surface area (Å²) in [5.41, 5.74) is 6.47. The maximum absolute atomic E-state index is 12.5. The maximum Gasteiger partial charge on any atom is 0.271 e. The zero-order valence-corrected chi connectivity index (χ0v) is 16.2. The predicted octanol–water partition coefficient (Wildman–Crippen LogP) is 2.00. The first kappa shape index (κ1) is 19.1. The highest BCUT2D eigenvalue weighted by molar-refractivity contribution is 6.29. The predicted molar refractivity (Wildman–Crippen MR) is 105 cm³/mol. The summed E-state index contributed by atoms with van der Waals surface area (Å²) in [7, 11) is 0. The molecule has 0 saturated heterocycles. The van der Waals surface area contributed by atoms with E-state index in [4.69, 9.17) is 22.1 Å². The van der Waals surface area contributed by atoms with Crippen LogP contribution in [0.15, 0.2) is 36.7 Å². The standard InChI is InChI=1S/C19H19ClN6O3/c20-15-7-8-16-24-14(10-26(16)25-15)18(28)23-11-3-5-12(6-4-11)29-19-13(17(21)27)2-1-9-22-19/h1-2,7-12H,3-6H2,(H2,21,27)(H,23,28). The number of fused-ring (bicyclic) bond motifs is 1. The number of aromatic nitrogens is 4. The maximum atomic E-state index is 12.5. The molecule has 3 aromatic rings. The molecule has 9 nitrogen and oxygen atoms in total. The van der Waals surface area contributed by atoms with Gasteiger partial charge in [0.2, 0.25) is 5.88 Å². The smallest absolute Gasteiger partial charge is 0.271 e. The number of nitrogens with one attached hydrogen (secondary N) is 1. The van der Waals surface area contributed by atoms with E-state index in [0.717, 1.165) is 25.7 Å². The Bertz CT molecular complexity index is 1060. The van der Waals surface area contributed by atoms with E-state index < -0.39 is 5.91 Å². The van der Waals surface area contributed by atoms with Crippen LogP contribution in [-0.4, -0.2) is 43.5 Å². The van der Waals surface area contributed by atoms with Crippen LogP contribution in [-0.2, 0) is 0 Å². The molecule has 3 N–H and O–H groups in total. The normalized spacial score (nSPS) is 19.1. The molecule has 0 spiro atoms. The minimum Gasteiger partial charge on any atom is -0.474 e. The number of ether oxygens (including phenoxy) is 1. The fraction of sp³-hybridized carbons (Fsp3) is 0.316. The number of nitrogens with zero attached hydrogens (tertiary/aromatic N) is 4. The number of primary amides is 1.